The van der Waals surface area contributed by atoms with E-state index >= 15 is 0 Å². The summed E-state index contributed by atoms with van der Waals surface area (Å²) in [5.41, 5.74) is 4.58. The Morgan fingerprint density at radius 3 is 2.79 bits per heavy atom. The van der Waals surface area contributed by atoms with E-state index in [1.165, 1.54) is 0 Å². The maximum atomic E-state index is 10.6. The average Bonchev–Trinajstić information content (AvgIpc) is 3.00. The van der Waals surface area contributed by atoms with E-state index in [0.29, 0.717) is 17.5 Å². The van der Waals surface area contributed by atoms with E-state index in [4.69, 9.17) is 0 Å². The standard InChI is InChI=1S/C20H19N3O/c1-4-5-13-8-15(11-21)19(20(2,3)24)16(9-13)14-6-7-17-18(10-14)23-12-22-17/h4,6-10,12,24H,1,5H2,2-3H3,(H,22,23). The molecule has 2 aromatic carbocycles. The van der Waals surface area contributed by atoms with Crippen LogP contribution in [0.2, 0.25) is 0 Å². The molecule has 0 bridgehead atoms. The fourth-order valence-electron chi connectivity index (χ4n) is 3.06. The number of nitriles is 1. The van der Waals surface area contributed by atoms with E-state index in [9.17, 15) is 10.4 Å². The molecule has 0 fully saturated rings. The van der Waals surface area contributed by atoms with Crippen LogP contribution in [0, 0.1) is 11.3 Å². The van der Waals surface area contributed by atoms with Crippen LogP contribution in [-0.2, 0) is 12.0 Å². The summed E-state index contributed by atoms with van der Waals surface area (Å²) in [5.74, 6) is 0. The first-order valence-corrected chi connectivity index (χ1v) is 7.78. The molecule has 0 unspecified atom stereocenters. The van der Waals surface area contributed by atoms with E-state index in [1.54, 1.807) is 20.2 Å². The largest absolute Gasteiger partial charge is 0.386 e. The number of imidazole rings is 1. The van der Waals surface area contributed by atoms with Crippen LogP contribution in [0.1, 0.15) is 30.5 Å². The van der Waals surface area contributed by atoms with Gasteiger partial charge in [-0.2, -0.15) is 5.26 Å². The Morgan fingerprint density at radius 2 is 2.12 bits per heavy atom. The predicted octanol–water partition coefficient (Wildman–Crippen LogP) is 4.06. The molecule has 0 saturated heterocycles. The molecule has 120 valence electrons. The minimum Gasteiger partial charge on any atom is -0.386 e. The van der Waals surface area contributed by atoms with Gasteiger partial charge in [0, 0.05) is 5.56 Å². The van der Waals surface area contributed by atoms with Crippen molar-refractivity contribution in [3.63, 3.8) is 0 Å². The summed E-state index contributed by atoms with van der Waals surface area (Å²) < 4.78 is 0. The lowest BCUT2D eigenvalue weighted by molar-refractivity contribution is 0.0789. The second-order valence-corrected chi connectivity index (χ2v) is 6.36. The lowest BCUT2D eigenvalue weighted by Gasteiger charge is -2.24. The monoisotopic (exact) mass is 317 g/mol. The van der Waals surface area contributed by atoms with Crippen molar-refractivity contribution < 1.29 is 5.11 Å². The first-order chi connectivity index (χ1) is 11.4. The van der Waals surface area contributed by atoms with Crippen molar-refractivity contribution in [1.29, 1.82) is 5.26 Å². The summed E-state index contributed by atoms with van der Waals surface area (Å²) in [5, 5.41) is 20.2. The smallest absolute Gasteiger partial charge is 0.0995 e. The fraction of sp³-hybridized carbons (Fsp3) is 0.200. The van der Waals surface area contributed by atoms with Crippen molar-refractivity contribution in [2.24, 2.45) is 0 Å². The Bertz CT molecular complexity index is 955. The van der Waals surface area contributed by atoms with Gasteiger partial charge in [0.2, 0.25) is 0 Å². The molecule has 24 heavy (non-hydrogen) atoms. The quantitative estimate of drug-likeness (QED) is 0.713. The highest BCUT2D eigenvalue weighted by molar-refractivity contribution is 5.83. The minimum atomic E-state index is -1.13. The van der Waals surface area contributed by atoms with Gasteiger partial charge in [-0.3, -0.25) is 0 Å². The molecular weight excluding hydrogens is 298 g/mol. The van der Waals surface area contributed by atoms with Crippen LogP contribution < -0.4 is 0 Å². The molecule has 3 rings (SSSR count). The molecule has 1 heterocycles. The van der Waals surface area contributed by atoms with Gasteiger partial charge in [-0.25, -0.2) is 4.98 Å². The number of aromatic amines is 1. The molecule has 0 radical (unpaired) electrons. The molecule has 0 aliphatic heterocycles. The van der Waals surface area contributed by atoms with Crippen LogP contribution in [0.4, 0.5) is 0 Å². The van der Waals surface area contributed by atoms with Crippen LogP contribution in [0.5, 0.6) is 0 Å². The van der Waals surface area contributed by atoms with Crippen LogP contribution in [0.25, 0.3) is 22.2 Å². The third-order valence-electron chi connectivity index (χ3n) is 4.04. The number of hydrogen-bond acceptors (Lipinski definition) is 3. The van der Waals surface area contributed by atoms with Gasteiger partial charge in [0.05, 0.1) is 34.6 Å². The number of hydrogen-bond donors (Lipinski definition) is 2. The topological polar surface area (TPSA) is 72.7 Å². The van der Waals surface area contributed by atoms with Crippen LogP contribution in [0.3, 0.4) is 0 Å². The number of H-pyrrole nitrogens is 1. The van der Waals surface area contributed by atoms with Gasteiger partial charge in [-0.1, -0.05) is 18.2 Å². The van der Waals surface area contributed by atoms with E-state index < -0.39 is 5.60 Å². The molecule has 1 aromatic heterocycles. The third-order valence-corrected chi connectivity index (χ3v) is 4.04. The molecule has 3 aromatic rings. The highest BCUT2D eigenvalue weighted by Gasteiger charge is 2.25. The lowest BCUT2D eigenvalue weighted by Crippen LogP contribution is -2.19. The van der Waals surface area contributed by atoms with Crippen molar-refractivity contribution in [2.45, 2.75) is 25.9 Å². The molecule has 0 saturated carbocycles. The molecular formula is C20H19N3O. The van der Waals surface area contributed by atoms with Gasteiger partial charge in [0.1, 0.15) is 0 Å². The first-order valence-electron chi connectivity index (χ1n) is 7.78. The van der Waals surface area contributed by atoms with Crippen molar-refractivity contribution in [3.8, 4) is 17.2 Å². The lowest BCUT2D eigenvalue weighted by atomic mass is 9.84. The van der Waals surface area contributed by atoms with Crippen LogP contribution >= 0.6 is 0 Å². The number of fused-ring (bicyclic) bond motifs is 1. The summed E-state index contributed by atoms with van der Waals surface area (Å²) in [6.45, 7) is 7.18. The van der Waals surface area contributed by atoms with Crippen molar-refractivity contribution in [2.75, 3.05) is 0 Å². The summed E-state index contributed by atoms with van der Waals surface area (Å²) in [6.07, 6.45) is 4.13. The molecule has 0 atom stereocenters. The van der Waals surface area contributed by atoms with Gasteiger partial charge < -0.3 is 10.1 Å². The summed E-state index contributed by atoms with van der Waals surface area (Å²) >= 11 is 0. The van der Waals surface area contributed by atoms with Gasteiger partial charge in [0.15, 0.2) is 0 Å². The normalized spacial score (nSPS) is 11.4. The molecule has 0 spiro atoms. The summed E-state index contributed by atoms with van der Waals surface area (Å²) in [6, 6.07) is 12.0. The zero-order chi connectivity index (χ0) is 17.3. The predicted molar refractivity (Wildman–Crippen MR) is 95.4 cm³/mol. The highest BCUT2D eigenvalue weighted by atomic mass is 16.3. The molecule has 2 N–H and O–H groups in total. The van der Waals surface area contributed by atoms with Crippen molar-refractivity contribution in [1.82, 2.24) is 9.97 Å². The minimum absolute atomic E-state index is 0.488. The first kappa shape index (κ1) is 16.0. The van der Waals surface area contributed by atoms with Crippen LogP contribution in [-0.4, -0.2) is 15.1 Å². The Balaban J connectivity index is 2.32. The zero-order valence-electron chi connectivity index (χ0n) is 13.8. The maximum Gasteiger partial charge on any atom is 0.0995 e. The van der Waals surface area contributed by atoms with Crippen molar-refractivity contribution in [3.05, 3.63) is 66.0 Å². The average molecular weight is 317 g/mol. The Morgan fingerprint density at radius 1 is 1.33 bits per heavy atom. The number of benzene rings is 2. The number of aromatic nitrogens is 2. The Kier molecular flexibility index (Phi) is 3.96. The van der Waals surface area contributed by atoms with Crippen LogP contribution in [0.15, 0.2) is 49.3 Å². The summed E-state index contributed by atoms with van der Waals surface area (Å²) in [4.78, 5) is 7.34. The highest BCUT2D eigenvalue weighted by Crippen LogP contribution is 2.36. The molecule has 0 aliphatic rings. The number of nitrogens with one attached hydrogen (secondary N) is 1. The zero-order valence-corrected chi connectivity index (χ0v) is 13.8. The molecule has 4 nitrogen and oxygen atoms in total. The number of aliphatic hydroxyl groups is 1. The van der Waals surface area contributed by atoms with E-state index in [-0.39, 0.29) is 0 Å². The van der Waals surface area contributed by atoms with Crippen molar-refractivity contribution >= 4 is 11.0 Å². The van der Waals surface area contributed by atoms with Gasteiger partial charge in [-0.05, 0) is 55.2 Å². The van der Waals surface area contributed by atoms with Gasteiger partial charge in [0.25, 0.3) is 0 Å². The number of nitrogens with zero attached hydrogens (tertiary/aromatic N) is 2. The molecule has 0 aliphatic carbocycles. The second kappa shape index (κ2) is 5.95. The number of allylic oxidation sites excluding steroid dienone is 1. The number of rotatable bonds is 4. The summed E-state index contributed by atoms with van der Waals surface area (Å²) in [7, 11) is 0. The van der Waals surface area contributed by atoms with Gasteiger partial charge >= 0.3 is 0 Å². The Labute approximate surface area is 141 Å². The van der Waals surface area contributed by atoms with E-state index in [0.717, 1.165) is 27.7 Å². The fourth-order valence-corrected chi connectivity index (χ4v) is 3.06. The molecule has 0 amide bonds. The SMILES string of the molecule is C=CCc1cc(C#N)c(C(C)(C)O)c(-c2ccc3nc[nH]c3c2)c1. The van der Waals surface area contributed by atoms with Gasteiger partial charge in [-0.15, -0.1) is 6.58 Å². The third kappa shape index (κ3) is 2.82. The Hall–Kier alpha value is -2.90. The molecule has 4 heteroatoms. The van der Waals surface area contributed by atoms with E-state index in [2.05, 4.69) is 22.6 Å². The maximum absolute atomic E-state index is 10.6. The van der Waals surface area contributed by atoms with E-state index in [1.807, 2.05) is 36.4 Å². The second-order valence-electron chi connectivity index (χ2n) is 6.36.